The van der Waals surface area contributed by atoms with E-state index >= 15 is 0 Å². The molecule has 0 unspecified atom stereocenters. The fourth-order valence-corrected chi connectivity index (χ4v) is 1.38. The summed E-state index contributed by atoms with van der Waals surface area (Å²) in [6.45, 7) is 0.181. The van der Waals surface area contributed by atoms with Crippen LogP contribution in [0.15, 0.2) is 54.7 Å². The van der Waals surface area contributed by atoms with Gasteiger partial charge in [0.2, 0.25) is 0 Å². The van der Waals surface area contributed by atoms with Crippen molar-refractivity contribution in [1.82, 2.24) is 4.98 Å². The molecule has 92 valence electrons. The lowest BCUT2D eigenvalue weighted by Gasteiger charge is -2.15. The highest BCUT2D eigenvalue weighted by Gasteiger charge is 2.13. The molecule has 2 N–H and O–H groups in total. The molecule has 1 heterocycles. The van der Waals surface area contributed by atoms with Crippen LogP contribution >= 0.6 is 0 Å². The molecule has 5 heteroatoms. The molecule has 0 saturated carbocycles. The fraction of sp³-hybridized carbons (Fsp3) is 0.0769. The molecule has 2 aromatic rings. The van der Waals surface area contributed by atoms with Gasteiger partial charge in [0.25, 0.3) is 0 Å². The van der Waals surface area contributed by atoms with Crippen LogP contribution in [0.25, 0.3) is 0 Å². The molecular weight excluding hydrogens is 230 g/mol. The smallest absolute Gasteiger partial charge is 0.430 e. The second kappa shape index (κ2) is 5.79. The molecule has 0 bridgehead atoms. The van der Waals surface area contributed by atoms with Crippen molar-refractivity contribution in [2.24, 2.45) is 5.84 Å². The number of hydrogen-bond donors (Lipinski definition) is 1. The maximum absolute atomic E-state index is 11.7. The summed E-state index contributed by atoms with van der Waals surface area (Å²) in [4.78, 5) is 15.6. The minimum absolute atomic E-state index is 0.181. The maximum Gasteiger partial charge on any atom is 0.430 e. The number of pyridine rings is 1. The zero-order valence-electron chi connectivity index (χ0n) is 9.69. The van der Waals surface area contributed by atoms with Gasteiger partial charge in [-0.05, 0) is 17.7 Å². The molecule has 18 heavy (non-hydrogen) atoms. The summed E-state index contributed by atoms with van der Waals surface area (Å²) in [5.41, 5.74) is 0.903. The lowest BCUT2D eigenvalue weighted by molar-refractivity contribution is 0.147. The molecule has 0 aliphatic rings. The standard InChI is InChI=1S/C13H13N3O2/c14-16(12-8-4-5-9-15-12)13(17)18-10-11-6-2-1-3-7-11/h1-9H,10,14H2. The molecule has 2 rings (SSSR count). The van der Waals surface area contributed by atoms with Crippen molar-refractivity contribution >= 4 is 11.9 Å². The van der Waals surface area contributed by atoms with Crippen LogP contribution in [0, 0.1) is 0 Å². The van der Waals surface area contributed by atoms with Gasteiger partial charge in [-0.1, -0.05) is 36.4 Å². The Labute approximate surface area is 105 Å². The molecule has 1 aromatic carbocycles. The predicted octanol–water partition coefficient (Wildman–Crippen LogP) is 2.10. The second-order valence-electron chi connectivity index (χ2n) is 3.60. The number of amides is 1. The second-order valence-corrected chi connectivity index (χ2v) is 3.60. The summed E-state index contributed by atoms with van der Waals surface area (Å²) < 4.78 is 5.07. The van der Waals surface area contributed by atoms with E-state index in [1.807, 2.05) is 30.3 Å². The minimum atomic E-state index is -0.641. The Balaban J connectivity index is 1.93. The number of rotatable bonds is 3. The number of anilines is 1. The number of ether oxygens (including phenoxy) is 1. The first-order valence-electron chi connectivity index (χ1n) is 5.44. The fourth-order valence-electron chi connectivity index (χ4n) is 1.38. The van der Waals surface area contributed by atoms with Gasteiger partial charge in [-0.3, -0.25) is 0 Å². The Bertz CT molecular complexity index is 502. The maximum atomic E-state index is 11.7. The Kier molecular flexibility index (Phi) is 3.88. The van der Waals surface area contributed by atoms with Crippen molar-refractivity contribution in [3.8, 4) is 0 Å². The first kappa shape index (κ1) is 12.1. The molecule has 0 aliphatic heterocycles. The summed E-state index contributed by atoms with van der Waals surface area (Å²) in [5.74, 6) is 5.94. The van der Waals surface area contributed by atoms with Gasteiger partial charge in [0.1, 0.15) is 6.61 Å². The van der Waals surface area contributed by atoms with E-state index in [9.17, 15) is 4.79 Å². The van der Waals surface area contributed by atoms with Gasteiger partial charge in [-0.25, -0.2) is 15.6 Å². The van der Waals surface area contributed by atoms with Crippen LogP contribution in [0.1, 0.15) is 5.56 Å². The zero-order valence-corrected chi connectivity index (χ0v) is 9.69. The lowest BCUT2D eigenvalue weighted by Crippen LogP contribution is -2.38. The Morgan fingerprint density at radius 1 is 1.17 bits per heavy atom. The minimum Gasteiger partial charge on any atom is -0.443 e. The van der Waals surface area contributed by atoms with Crippen molar-refractivity contribution in [3.05, 3.63) is 60.3 Å². The van der Waals surface area contributed by atoms with E-state index in [0.717, 1.165) is 10.6 Å². The summed E-state index contributed by atoms with van der Waals surface area (Å²) in [7, 11) is 0. The highest BCUT2D eigenvalue weighted by molar-refractivity contribution is 5.84. The van der Waals surface area contributed by atoms with E-state index in [-0.39, 0.29) is 6.61 Å². The van der Waals surface area contributed by atoms with Gasteiger partial charge in [0, 0.05) is 6.20 Å². The lowest BCUT2D eigenvalue weighted by atomic mass is 10.2. The molecule has 1 amide bonds. The molecule has 0 atom stereocenters. The van der Waals surface area contributed by atoms with Gasteiger partial charge in [0.05, 0.1) is 0 Å². The Morgan fingerprint density at radius 2 is 1.89 bits per heavy atom. The van der Waals surface area contributed by atoms with Gasteiger partial charge < -0.3 is 4.74 Å². The number of hydrogen-bond acceptors (Lipinski definition) is 4. The third-order valence-corrected chi connectivity index (χ3v) is 2.30. The van der Waals surface area contributed by atoms with Crippen LogP contribution in [0.3, 0.4) is 0 Å². The molecule has 5 nitrogen and oxygen atoms in total. The third-order valence-electron chi connectivity index (χ3n) is 2.30. The average Bonchev–Trinajstić information content (AvgIpc) is 2.46. The predicted molar refractivity (Wildman–Crippen MR) is 67.5 cm³/mol. The average molecular weight is 243 g/mol. The molecule has 0 saturated heterocycles. The van der Waals surface area contributed by atoms with Gasteiger partial charge in [-0.15, -0.1) is 0 Å². The molecule has 0 fully saturated rings. The highest BCUT2D eigenvalue weighted by atomic mass is 16.6. The van der Waals surface area contributed by atoms with Crippen LogP contribution in [0.2, 0.25) is 0 Å². The van der Waals surface area contributed by atoms with Crippen LogP contribution in [0.4, 0.5) is 10.6 Å². The summed E-state index contributed by atoms with van der Waals surface area (Å²) in [5, 5.41) is 0.878. The molecule has 0 aliphatic carbocycles. The molecule has 0 radical (unpaired) electrons. The van der Waals surface area contributed by atoms with Crippen LogP contribution < -0.4 is 10.9 Å². The van der Waals surface area contributed by atoms with Crippen molar-refractivity contribution in [2.45, 2.75) is 6.61 Å². The number of nitrogens with zero attached hydrogens (tertiary/aromatic N) is 2. The number of aromatic nitrogens is 1. The van der Waals surface area contributed by atoms with Gasteiger partial charge in [-0.2, -0.15) is 5.01 Å². The monoisotopic (exact) mass is 243 g/mol. The van der Waals surface area contributed by atoms with Crippen molar-refractivity contribution < 1.29 is 9.53 Å². The van der Waals surface area contributed by atoms with E-state index < -0.39 is 6.09 Å². The largest absolute Gasteiger partial charge is 0.443 e. The normalized spacial score (nSPS) is 9.83. The summed E-state index contributed by atoms with van der Waals surface area (Å²) in [6, 6.07) is 14.5. The van der Waals surface area contributed by atoms with E-state index in [1.54, 1.807) is 24.4 Å². The molecular formula is C13H13N3O2. The van der Waals surface area contributed by atoms with Gasteiger partial charge in [0.15, 0.2) is 5.82 Å². The SMILES string of the molecule is NN(C(=O)OCc1ccccc1)c1ccccn1. The van der Waals surface area contributed by atoms with Crippen LogP contribution in [0.5, 0.6) is 0 Å². The third kappa shape index (κ3) is 3.05. The first-order chi connectivity index (χ1) is 8.77. The molecule has 1 aromatic heterocycles. The van der Waals surface area contributed by atoms with Crippen LogP contribution in [-0.4, -0.2) is 11.1 Å². The van der Waals surface area contributed by atoms with Crippen molar-refractivity contribution in [1.29, 1.82) is 0 Å². The first-order valence-corrected chi connectivity index (χ1v) is 5.44. The Hall–Kier alpha value is -2.40. The van der Waals surface area contributed by atoms with E-state index in [0.29, 0.717) is 5.82 Å². The quantitative estimate of drug-likeness (QED) is 0.509. The number of carbonyl (C=O) groups excluding carboxylic acids is 1. The van der Waals surface area contributed by atoms with Crippen molar-refractivity contribution in [2.75, 3.05) is 5.01 Å². The zero-order chi connectivity index (χ0) is 12.8. The van der Waals surface area contributed by atoms with E-state index in [2.05, 4.69) is 4.98 Å². The molecule has 0 spiro atoms. The Morgan fingerprint density at radius 3 is 2.56 bits per heavy atom. The number of hydrazine groups is 1. The van der Waals surface area contributed by atoms with E-state index in [1.165, 1.54) is 0 Å². The number of nitrogens with two attached hydrogens (primary N) is 1. The topological polar surface area (TPSA) is 68.5 Å². The highest BCUT2D eigenvalue weighted by Crippen LogP contribution is 2.08. The number of benzene rings is 1. The summed E-state index contributed by atoms with van der Waals surface area (Å²) >= 11 is 0. The summed E-state index contributed by atoms with van der Waals surface area (Å²) in [6.07, 6.45) is 0.914. The van der Waals surface area contributed by atoms with Crippen LogP contribution in [-0.2, 0) is 11.3 Å². The van der Waals surface area contributed by atoms with Crippen molar-refractivity contribution in [3.63, 3.8) is 0 Å². The van der Waals surface area contributed by atoms with Gasteiger partial charge >= 0.3 is 6.09 Å². The number of carbonyl (C=O) groups is 1. The van der Waals surface area contributed by atoms with E-state index in [4.69, 9.17) is 10.6 Å².